The molecule has 1 aliphatic rings. The number of aromatic amines is 1. The zero-order chi connectivity index (χ0) is 17.1. The Morgan fingerprint density at radius 1 is 0.960 bits per heavy atom. The second-order valence-corrected chi connectivity index (χ2v) is 6.42. The maximum atomic E-state index is 13.6. The van der Waals surface area contributed by atoms with Crippen LogP contribution in [-0.2, 0) is 12.8 Å². The number of halogens is 1. The summed E-state index contributed by atoms with van der Waals surface area (Å²) in [7, 11) is 0. The molecule has 0 spiro atoms. The highest BCUT2D eigenvalue weighted by atomic mass is 19.1. The average molecular weight is 329 g/mol. The minimum atomic E-state index is -0.0332. The molecular formula is C23H20FN. The molecule has 1 heterocycles. The van der Waals surface area contributed by atoms with E-state index in [4.69, 9.17) is 0 Å². The fraction of sp³-hybridized carbons (Fsp3) is 0.130. The molecule has 1 unspecified atom stereocenters. The molecule has 2 heteroatoms. The summed E-state index contributed by atoms with van der Waals surface area (Å²) in [4.78, 5) is 3.53. The van der Waals surface area contributed by atoms with Crippen LogP contribution in [0.4, 0.5) is 4.39 Å². The monoisotopic (exact) mass is 329 g/mol. The average Bonchev–Trinajstić information content (AvgIpc) is 3.06. The van der Waals surface area contributed by atoms with Gasteiger partial charge in [-0.25, -0.2) is 4.39 Å². The van der Waals surface area contributed by atoms with Crippen molar-refractivity contribution < 1.29 is 4.39 Å². The van der Waals surface area contributed by atoms with Gasteiger partial charge < -0.3 is 4.98 Å². The smallest absolute Gasteiger partial charge is 0.101 e. The Kier molecular flexibility index (Phi) is 4.34. The lowest BCUT2D eigenvalue weighted by molar-refractivity contribution is 0.599. The minimum absolute atomic E-state index is 0.0332. The standard InChI is InChI=1S/C23H20FN/c24-20-12-14-22-19(15-20)16-23(25-22)21(18-9-5-2-6-10-18)13-11-17-7-3-1-4-8-17/h1-13,16,21,25H,14-15H2/b13-11+. The Bertz CT molecular complexity index is 904. The molecule has 1 nitrogen and oxygen atoms in total. The van der Waals surface area contributed by atoms with Gasteiger partial charge in [-0.2, -0.15) is 0 Å². The largest absolute Gasteiger partial charge is 0.361 e. The molecule has 0 fully saturated rings. The molecule has 1 aromatic heterocycles. The molecule has 124 valence electrons. The van der Waals surface area contributed by atoms with Crippen molar-refractivity contribution in [3.05, 3.63) is 113 Å². The summed E-state index contributed by atoms with van der Waals surface area (Å²) in [6.07, 6.45) is 7.07. The molecule has 0 radical (unpaired) electrons. The lowest BCUT2D eigenvalue weighted by Gasteiger charge is -2.12. The molecule has 0 bridgehead atoms. The normalized spacial score (nSPS) is 15.0. The maximum absolute atomic E-state index is 13.6. The molecule has 2 aromatic carbocycles. The Morgan fingerprint density at radius 3 is 2.44 bits per heavy atom. The van der Waals surface area contributed by atoms with Gasteiger partial charge in [-0.1, -0.05) is 72.8 Å². The third-order valence-electron chi connectivity index (χ3n) is 4.67. The Morgan fingerprint density at radius 2 is 1.68 bits per heavy atom. The third-order valence-corrected chi connectivity index (χ3v) is 4.67. The van der Waals surface area contributed by atoms with Crippen molar-refractivity contribution in [2.75, 3.05) is 0 Å². The van der Waals surface area contributed by atoms with Crippen molar-refractivity contribution in [3.63, 3.8) is 0 Å². The van der Waals surface area contributed by atoms with E-state index >= 15 is 0 Å². The van der Waals surface area contributed by atoms with Gasteiger partial charge in [0.2, 0.25) is 0 Å². The van der Waals surface area contributed by atoms with Crippen LogP contribution < -0.4 is 0 Å². The summed E-state index contributed by atoms with van der Waals surface area (Å²) in [5.41, 5.74) is 5.72. The number of hydrogen-bond acceptors (Lipinski definition) is 0. The van der Waals surface area contributed by atoms with E-state index in [1.165, 1.54) is 11.1 Å². The summed E-state index contributed by atoms with van der Waals surface area (Å²) < 4.78 is 13.6. The highest BCUT2D eigenvalue weighted by Crippen LogP contribution is 2.31. The zero-order valence-corrected chi connectivity index (χ0v) is 14.0. The number of nitrogens with one attached hydrogen (secondary N) is 1. The highest BCUT2D eigenvalue weighted by Gasteiger charge is 2.19. The van der Waals surface area contributed by atoms with Crippen molar-refractivity contribution in [3.8, 4) is 0 Å². The zero-order valence-electron chi connectivity index (χ0n) is 14.0. The van der Waals surface area contributed by atoms with E-state index in [9.17, 15) is 4.39 Å². The molecule has 1 N–H and O–H groups in total. The Balaban J connectivity index is 1.70. The molecule has 1 aliphatic carbocycles. The second kappa shape index (κ2) is 6.94. The van der Waals surface area contributed by atoms with Gasteiger partial charge in [0.25, 0.3) is 0 Å². The molecule has 0 amide bonds. The van der Waals surface area contributed by atoms with E-state index in [0.717, 1.165) is 17.0 Å². The van der Waals surface area contributed by atoms with E-state index in [-0.39, 0.29) is 11.7 Å². The first kappa shape index (κ1) is 15.6. The van der Waals surface area contributed by atoms with Gasteiger partial charge in [0.15, 0.2) is 0 Å². The number of benzene rings is 2. The Hall–Kier alpha value is -2.87. The number of hydrogen-bond donors (Lipinski definition) is 1. The van der Waals surface area contributed by atoms with Gasteiger partial charge in [0.1, 0.15) is 5.83 Å². The van der Waals surface area contributed by atoms with Gasteiger partial charge in [0, 0.05) is 30.1 Å². The summed E-state index contributed by atoms with van der Waals surface area (Å²) in [6.45, 7) is 0. The predicted octanol–water partition coefficient (Wildman–Crippen LogP) is 5.81. The molecule has 0 aliphatic heterocycles. The lowest BCUT2D eigenvalue weighted by atomic mass is 9.94. The topological polar surface area (TPSA) is 15.8 Å². The van der Waals surface area contributed by atoms with Crippen LogP contribution in [0.1, 0.15) is 34.0 Å². The number of H-pyrrole nitrogens is 1. The molecule has 4 rings (SSSR count). The van der Waals surface area contributed by atoms with Crippen LogP contribution in [0, 0.1) is 0 Å². The second-order valence-electron chi connectivity index (χ2n) is 6.42. The molecule has 0 saturated heterocycles. The van der Waals surface area contributed by atoms with Crippen LogP contribution in [0.5, 0.6) is 0 Å². The quantitative estimate of drug-likeness (QED) is 0.621. The molecule has 3 aromatic rings. The number of allylic oxidation sites excluding steroid dienone is 3. The van der Waals surface area contributed by atoms with Crippen molar-refractivity contribution in [2.24, 2.45) is 0 Å². The number of aromatic nitrogens is 1. The van der Waals surface area contributed by atoms with Crippen LogP contribution in [0.2, 0.25) is 0 Å². The summed E-state index contributed by atoms with van der Waals surface area (Å²) in [5, 5.41) is 0. The van der Waals surface area contributed by atoms with Crippen LogP contribution in [0.15, 0.2) is 84.7 Å². The third kappa shape index (κ3) is 3.48. The summed E-state index contributed by atoms with van der Waals surface area (Å²) in [6, 6.07) is 22.8. The van der Waals surface area contributed by atoms with E-state index < -0.39 is 0 Å². The number of fused-ring (bicyclic) bond motifs is 1. The SMILES string of the molecule is FC1=CCc2[nH]c(C(/C=C/c3ccccc3)c3ccccc3)cc2C1. The van der Waals surface area contributed by atoms with Crippen LogP contribution in [-0.4, -0.2) is 4.98 Å². The van der Waals surface area contributed by atoms with E-state index in [0.29, 0.717) is 12.8 Å². The van der Waals surface area contributed by atoms with Gasteiger partial charge in [0.05, 0.1) is 0 Å². The minimum Gasteiger partial charge on any atom is -0.361 e. The van der Waals surface area contributed by atoms with Crippen molar-refractivity contribution >= 4 is 6.08 Å². The van der Waals surface area contributed by atoms with Crippen LogP contribution in [0.25, 0.3) is 6.08 Å². The molecule has 0 saturated carbocycles. The molecular weight excluding hydrogens is 309 g/mol. The fourth-order valence-corrected chi connectivity index (χ4v) is 3.37. The fourth-order valence-electron chi connectivity index (χ4n) is 3.37. The van der Waals surface area contributed by atoms with Crippen molar-refractivity contribution in [1.82, 2.24) is 4.98 Å². The highest BCUT2D eigenvalue weighted by molar-refractivity contribution is 5.53. The van der Waals surface area contributed by atoms with E-state index in [1.807, 2.05) is 24.3 Å². The summed E-state index contributed by atoms with van der Waals surface area (Å²) in [5.74, 6) is 0.0872. The van der Waals surface area contributed by atoms with E-state index in [2.05, 4.69) is 59.6 Å². The lowest BCUT2D eigenvalue weighted by Crippen LogP contribution is -1.99. The van der Waals surface area contributed by atoms with Gasteiger partial charge in [-0.15, -0.1) is 0 Å². The summed E-state index contributed by atoms with van der Waals surface area (Å²) >= 11 is 0. The Labute approximate surface area is 147 Å². The number of rotatable bonds is 4. The van der Waals surface area contributed by atoms with Gasteiger partial charge in [-0.05, 0) is 28.8 Å². The molecule has 25 heavy (non-hydrogen) atoms. The van der Waals surface area contributed by atoms with Crippen LogP contribution >= 0.6 is 0 Å². The van der Waals surface area contributed by atoms with E-state index in [1.54, 1.807) is 6.08 Å². The molecule has 1 atom stereocenters. The van der Waals surface area contributed by atoms with Crippen molar-refractivity contribution in [2.45, 2.75) is 18.8 Å². The first-order valence-corrected chi connectivity index (χ1v) is 8.63. The van der Waals surface area contributed by atoms with Crippen LogP contribution in [0.3, 0.4) is 0 Å². The predicted molar refractivity (Wildman–Crippen MR) is 101 cm³/mol. The van der Waals surface area contributed by atoms with Crippen molar-refractivity contribution in [1.29, 1.82) is 0 Å². The van der Waals surface area contributed by atoms with Gasteiger partial charge >= 0.3 is 0 Å². The first-order valence-electron chi connectivity index (χ1n) is 8.63. The maximum Gasteiger partial charge on any atom is 0.101 e. The van der Waals surface area contributed by atoms with Gasteiger partial charge in [-0.3, -0.25) is 0 Å². The first-order chi connectivity index (χ1) is 12.3.